The first kappa shape index (κ1) is 13.4. The molecule has 1 unspecified atom stereocenters. The van der Waals surface area contributed by atoms with Crippen molar-refractivity contribution in [2.75, 3.05) is 5.32 Å². The molecule has 1 N–H and O–H groups in total. The second-order valence-corrected chi connectivity index (χ2v) is 4.73. The lowest BCUT2D eigenvalue weighted by molar-refractivity contribution is 0.658. The summed E-state index contributed by atoms with van der Waals surface area (Å²) in [6, 6.07) is 7.41. The Labute approximate surface area is 117 Å². The van der Waals surface area contributed by atoms with E-state index in [1.165, 1.54) is 0 Å². The van der Waals surface area contributed by atoms with Crippen molar-refractivity contribution < 1.29 is 0 Å². The van der Waals surface area contributed by atoms with Crippen molar-refractivity contribution in [3.05, 3.63) is 46.7 Å². The first-order chi connectivity index (χ1) is 9.13. The third-order valence-corrected chi connectivity index (χ3v) is 3.19. The molecular weight excluding hydrogens is 260 g/mol. The SMILES string of the molecule is CCn1cc(C(C)Nc2cc(Cl)ccc2C#N)cn1. The molecule has 0 aliphatic heterocycles. The Bertz CT molecular complexity index is 612. The van der Waals surface area contributed by atoms with Gasteiger partial charge in [0.25, 0.3) is 0 Å². The second kappa shape index (κ2) is 5.77. The number of aromatic nitrogens is 2. The van der Waals surface area contributed by atoms with Crippen LogP contribution in [0.25, 0.3) is 0 Å². The fraction of sp³-hybridized carbons (Fsp3) is 0.286. The van der Waals surface area contributed by atoms with Crippen molar-refractivity contribution >= 4 is 17.3 Å². The van der Waals surface area contributed by atoms with E-state index in [-0.39, 0.29) is 6.04 Å². The summed E-state index contributed by atoms with van der Waals surface area (Å²) in [4.78, 5) is 0. The standard InChI is InChI=1S/C14H15ClN4/c1-3-19-9-12(8-17-19)10(2)18-14-6-13(15)5-4-11(14)7-16/h4-6,8-10,18H,3H2,1-2H3. The third kappa shape index (κ3) is 3.07. The first-order valence-electron chi connectivity index (χ1n) is 6.12. The molecule has 2 rings (SSSR count). The van der Waals surface area contributed by atoms with Gasteiger partial charge in [-0.15, -0.1) is 0 Å². The van der Waals surface area contributed by atoms with Crippen molar-refractivity contribution in [3.63, 3.8) is 0 Å². The highest BCUT2D eigenvalue weighted by Crippen LogP contribution is 2.25. The number of hydrogen-bond donors (Lipinski definition) is 1. The van der Waals surface area contributed by atoms with Gasteiger partial charge in [-0.1, -0.05) is 11.6 Å². The average Bonchev–Trinajstić information content (AvgIpc) is 2.88. The Morgan fingerprint density at radius 2 is 2.32 bits per heavy atom. The molecule has 0 aliphatic carbocycles. The summed E-state index contributed by atoms with van der Waals surface area (Å²) in [7, 11) is 0. The number of nitrogens with zero attached hydrogens (tertiary/aromatic N) is 3. The van der Waals surface area contributed by atoms with E-state index in [2.05, 4.69) is 16.5 Å². The Hall–Kier alpha value is -1.99. The van der Waals surface area contributed by atoms with Gasteiger partial charge in [0.15, 0.2) is 0 Å². The zero-order valence-electron chi connectivity index (χ0n) is 10.9. The molecule has 0 amide bonds. The third-order valence-electron chi connectivity index (χ3n) is 2.95. The quantitative estimate of drug-likeness (QED) is 0.927. The van der Waals surface area contributed by atoms with E-state index in [0.29, 0.717) is 10.6 Å². The van der Waals surface area contributed by atoms with Crippen LogP contribution in [0.5, 0.6) is 0 Å². The minimum atomic E-state index is 0.0610. The second-order valence-electron chi connectivity index (χ2n) is 4.30. The van der Waals surface area contributed by atoms with Crippen molar-refractivity contribution in [1.29, 1.82) is 5.26 Å². The number of anilines is 1. The molecule has 4 nitrogen and oxygen atoms in total. The van der Waals surface area contributed by atoms with Gasteiger partial charge in [-0.2, -0.15) is 10.4 Å². The van der Waals surface area contributed by atoms with Crippen LogP contribution in [0.2, 0.25) is 5.02 Å². The summed E-state index contributed by atoms with van der Waals surface area (Å²) in [5.41, 5.74) is 2.40. The monoisotopic (exact) mass is 274 g/mol. The lowest BCUT2D eigenvalue weighted by Gasteiger charge is -2.15. The fourth-order valence-electron chi connectivity index (χ4n) is 1.83. The van der Waals surface area contributed by atoms with Crippen LogP contribution < -0.4 is 5.32 Å². The van der Waals surface area contributed by atoms with Crippen LogP contribution in [0.4, 0.5) is 5.69 Å². The van der Waals surface area contributed by atoms with Gasteiger partial charge >= 0.3 is 0 Å². The molecular formula is C14H15ClN4. The zero-order chi connectivity index (χ0) is 13.8. The largest absolute Gasteiger partial charge is 0.377 e. The lowest BCUT2D eigenvalue weighted by atomic mass is 10.1. The van der Waals surface area contributed by atoms with Crippen molar-refractivity contribution in [2.24, 2.45) is 0 Å². The molecule has 1 atom stereocenters. The van der Waals surface area contributed by atoms with Gasteiger partial charge in [0.2, 0.25) is 0 Å². The van der Waals surface area contributed by atoms with Crippen LogP contribution in [0.15, 0.2) is 30.6 Å². The van der Waals surface area contributed by atoms with Crippen LogP contribution in [-0.2, 0) is 6.54 Å². The van der Waals surface area contributed by atoms with Gasteiger partial charge in [0, 0.05) is 23.3 Å². The number of hydrogen-bond acceptors (Lipinski definition) is 3. The van der Waals surface area contributed by atoms with Crippen molar-refractivity contribution in [1.82, 2.24) is 9.78 Å². The predicted molar refractivity (Wildman–Crippen MR) is 76.1 cm³/mol. The highest BCUT2D eigenvalue weighted by molar-refractivity contribution is 6.30. The number of rotatable bonds is 4. The maximum absolute atomic E-state index is 9.09. The van der Waals surface area contributed by atoms with E-state index in [0.717, 1.165) is 17.8 Å². The van der Waals surface area contributed by atoms with Gasteiger partial charge in [0.1, 0.15) is 6.07 Å². The van der Waals surface area contributed by atoms with Crippen molar-refractivity contribution in [2.45, 2.75) is 26.4 Å². The average molecular weight is 275 g/mol. The van der Waals surface area contributed by atoms with Gasteiger partial charge in [-0.25, -0.2) is 0 Å². The van der Waals surface area contributed by atoms with Gasteiger partial charge in [0.05, 0.1) is 23.5 Å². The molecule has 1 aromatic carbocycles. The number of benzene rings is 1. The van der Waals surface area contributed by atoms with Gasteiger partial charge < -0.3 is 5.32 Å². The topological polar surface area (TPSA) is 53.6 Å². The summed E-state index contributed by atoms with van der Waals surface area (Å²) in [5, 5.41) is 17.2. The van der Waals surface area contributed by atoms with Crippen LogP contribution in [-0.4, -0.2) is 9.78 Å². The molecule has 0 fully saturated rings. The Balaban J connectivity index is 2.21. The Morgan fingerprint density at radius 1 is 1.53 bits per heavy atom. The maximum atomic E-state index is 9.09. The fourth-order valence-corrected chi connectivity index (χ4v) is 2.00. The van der Waals surface area contributed by atoms with E-state index >= 15 is 0 Å². The van der Waals surface area contributed by atoms with E-state index in [4.69, 9.17) is 16.9 Å². The summed E-state index contributed by atoms with van der Waals surface area (Å²) >= 11 is 5.96. The predicted octanol–water partition coefficient (Wildman–Crippen LogP) is 3.60. The summed E-state index contributed by atoms with van der Waals surface area (Å²) < 4.78 is 1.87. The van der Waals surface area contributed by atoms with E-state index in [1.807, 2.05) is 30.9 Å². The van der Waals surface area contributed by atoms with Crippen LogP contribution in [0.1, 0.15) is 31.0 Å². The molecule has 0 saturated carbocycles. The molecule has 2 aromatic rings. The van der Waals surface area contributed by atoms with Crippen molar-refractivity contribution in [3.8, 4) is 6.07 Å². The molecule has 5 heteroatoms. The molecule has 0 bridgehead atoms. The highest BCUT2D eigenvalue weighted by Gasteiger charge is 2.10. The first-order valence-corrected chi connectivity index (χ1v) is 6.50. The molecule has 98 valence electrons. The van der Waals surface area contributed by atoms with Crippen LogP contribution in [0, 0.1) is 11.3 Å². The van der Waals surface area contributed by atoms with Gasteiger partial charge in [-0.05, 0) is 32.0 Å². The Kier molecular flexibility index (Phi) is 4.08. The maximum Gasteiger partial charge on any atom is 0.101 e. The minimum absolute atomic E-state index is 0.0610. The smallest absolute Gasteiger partial charge is 0.101 e. The van der Waals surface area contributed by atoms with E-state index < -0.39 is 0 Å². The molecule has 0 radical (unpaired) electrons. The molecule has 1 aromatic heterocycles. The molecule has 1 heterocycles. The lowest BCUT2D eigenvalue weighted by Crippen LogP contribution is -2.07. The minimum Gasteiger partial charge on any atom is -0.377 e. The number of nitriles is 1. The number of aryl methyl sites for hydroxylation is 1. The Morgan fingerprint density at radius 3 is 2.95 bits per heavy atom. The van der Waals surface area contributed by atoms with Crippen LogP contribution >= 0.6 is 11.6 Å². The molecule has 19 heavy (non-hydrogen) atoms. The number of halogens is 1. The molecule has 0 saturated heterocycles. The molecule has 0 spiro atoms. The zero-order valence-corrected chi connectivity index (χ0v) is 11.6. The summed E-state index contributed by atoms with van der Waals surface area (Å²) in [6.45, 7) is 4.91. The van der Waals surface area contributed by atoms with E-state index in [1.54, 1.807) is 18.2 Å². The van der Waals surface area contributed by atoms with Crippen LogP contribution in [0.3, 0.4) is 0 Å². The normalized spacial score (nSPS) is 11.9. The van der Waals surface area contributed by atoms with E-state index in [9.17, 15) is 0 Å². The number of nitrogens with one attached hydrogen (secondary N) is 1. The highest BCUT2D eigenvalue weighted by atomic mass is 35.5. The van der Waals surface area contributed by atoms with Gasteiger partial charge in [-0.3, -0.25) is 4.68 Å². The summed E-state index contributed by atoms with van der Waals surface area (Å²) in [5.74, 6) is 0. The molecule has 0 aliphatic rings. The summed E-state index contributed by atoms with van der Waals surface area (Å²) in [6.07, 6.45) is 3.83.